The minimum Gasteiger partial charge on any atom is -0.463 e. The molecule has 27 heavy (non-hydrogen) atoms. The minimum absolute atomic E-state index is 0.153. The summed E-state index contributed by atoms with van der Waals surface area (Å²) in [5.74, 6) is -0.343. The van der Waals surface area contributed by atoms with Crippen molar-refractivity contribution in [1.82, 2.24) is 0 Å². The van der Waals surface area contributed by atoms with Gasteiger partial charge >= 0.3 is 5.97 Å². The van der Waals surface area contributed by atoms with E-state index >= 15 is 0 Å². The van der Waals surface area contributed by atoms with Crippen molar-refractivity contribution in [3.63, 3.8) is 0 Å². The van der Waals surface area contributed by atoms with E-state index in [0.717, 1.165) is 44.9 Å². The van der Waals surface area contributed by atoms with Crippen molar-refractivity contribution in [1.29, 1.82) is 0 Å². The van der Waals surface area contributed by atoms with Crippen LogP contribution in [0.2, 0.25) is 0 Å². The first-order valence-corrected chi connectivity index (χ1v) is 10.2. The standard InChI is InChI=1S/C21H38O6/c1-2-3-4-5-6-8-11-14-20(27-25)15-12-9-7-10-13-16-21(24)26-18-19(23)17-22/h6,8,11,14,19-20,22-23,25H,2-5,7,9-10,12-13,15-18H2,1H3/b8-6+,14-11+. The quantitative estimate of drug-likeness (QED) is 0.108. The van der Waals surface area contributed by atoms with E-state index in [1.165, 1.54) is 19.3 Å². The average molecular weight is 387 g/mol. The van der Waals surface area contributed by atoms with Gasteiger partial charge in [0.15, 0.2) is 0 Å². The smallest absolute Gasteiger partial charge is 0.305 e. The van der Waals surface area contributed by atoms with Crippen LogP contribution in [0.25, 0.3) is 0 Å². The molecule has 158 valence electrons. The normalized spacial score (nSPS) is 14.1. The molecule has 0 amide bonds. The molecule has 0 saturated carbocycles. The van der Waals surface area contributed by atoms with Crippen molar-refractivity contribution in [2.24, 2.45) is 0 Å². The second-order valence-corrected chi connectivity index (χ2v) is 6.78. The molecule has 0 aromatic carbocycles. The van der Waals surface area contributed by atoms with Crippen molar-refractivity contribution >= 4 is 5.97 Å². The fourth-order valence-electron chi connectivity index (χ4n) is 2.52. The Hall–Kier alpha value is -1.21. The lowest BCUT2D eigenvalue weighted by atomic mass is 10.1. The molecular formula is C21H38O6. The number of hydrogen-bond donors (Lipinski definition) is 3. The Balaban J connectivity index is 3.61. The topological polar surface area (TPSA) is 96.2 Å². The molecule has 0 fully saturated rings. The Morgan fingerprint density at radius 1 is 1.04 bits per heavy atom. The van der Waals surface area contributed by atoms with Crippen LogP contribution in [0, 0.1) is 0 Å². The lowest BCUT2D eigenvalue weighted by Gasteiger charge is -2.09. The molecule has 2 unspecified atom stereocenters. The highest BCUT2D eigenvalue weighted by atomic mass is 17.1. The lowest BCUT2D eigenvalue weighted by molar-refractivity contribution is -0.267. The summed E-state index contributed by atoms with van der Waals surface area (Å²) in [7, 11) is 0. The molecule has 0 saturated heterocycles. The van der Waals surface area contributed by atoms with Gasteiger partial charge in [0.1, 0.15) is 18.8 Å². The second-order valence-electron chi connectivity index (χ2n) is 6.78. The van der Waals surface area contributed by atoms with E-state index in [2.05, 4.69) is 17.9 Å². The van der Waals surface area contributed by atoms with Gasteiger partial charge in [-0.25, -0.2) is 4.89 Å². The van der Waals surface area contributed by atoms with Crippen LogP contribution in [-0.2, 0) is 14.4 Å². The molecule has 0 aliphatic heterocycles. The minimum atomic E-state index is -0.999. The van der Waals surface area contributed by atoms with Gasteiger partial charge in [-0.1, -0.05) is 69.8 Å². The van der Waals surface area contributed by atoms with E-state index < -0.39 is 12.7 Å². The number of ether oxygens (including phenoxy) is 1. The molecular weight excluding hydrogens is 348 g/mol. The fourth-order valence-corrected chi connectivity index (χ4v) is 2.52. The first kappa shape index (κ1) is 25.8. The number of rotatable bonds is 18. The number of allylic oxidation sites excluding steroid dienone is 3. The first-order chi connectivity index (χ1) is 13.1. The Kier molecular flexibility index (Phi) is 18.7. The van der Waals surface area contributed by atoms with Gasteiger partial charge in [-0.05, 0) is 25.7 Å². The van der Waals surface area contributed by atoms with Gasteiger partial charge in [-0.2, -0.15) is 0 Å². The lowest BCUT2D eigenvalue weighted by Crippen LogP contribution is -2.21. The van der Waals surface area contributed by atoms with E-state index in [0.29, 0.717) is 6.42 Å². The maximum Gasteiger partial charge on any atom is 0.305 e. The molecule has 6 nitrogen and oxygen atoms in total. The third-order valence-electron chi connectivity index (χ3n) is 4.20. The van der Waals surface area contributed by atoms with Crippen LogP contribution in [0.5, 0.6) is 0 Å². The molecule has 0 spiro atoms. The van der Waals surface area contributed by atoms with Crippen LogP contribution in [0.3, 0.4) is 0 Å². The van der Waals surface area contributed by atoms with Crippen LogP contribution >= 0.6 is 0 Å². The van der Waals surface area contributed by atoms with E-state index in [9.17, 15) is 4.79 Å². The number of carbonyl (C=O) groups is 1. The van der Waals surface area contributed by atoms with Crippen molar-refractivity contribution in [3.8, 4) is 0 Å². The molecule has 2 atom stereocenters. The first-order valence-electron chi connectivity index (χ1n) is 10.2. The number of hydrogen-bond acceptors (Lipinski definition) is 6. The highest BCUT2D eigenvalue weighted by molar-refractivity contribution is 5.69. The van der Waals surface area contributed by atoms with Crippen LogP contribution in [0.1, 0.15) is 77.6 Å². The fraction of sp³-hybridized carbons (Fsp3) is 0.762. The Morgan fingerprint density at radius 3 is 2.48 bits per heavy atom. The predicted octanol–water partition coefficient (Wildman–Crippen LogP) is 4.16. The zero-order chi connectivity index (χ0) is 20.2. The molecule has 0 radical (unpaired) electrons. The van der Waals surface area contributed by atoms with E-state index in [-0.39, 0.29) is 18.7 Å². The number of aliphatic hydroxyl groups excluding tert-OH is 2. The molecule has 0 aromatic rings. The van der Waals surface area contributed by atoms with Gasteiger partial charge in [0.05, 0.1) is 6.61 Å². The monoisotopic (exact) mass is 386 g/mol. The van der Waals surface area contributed by atoms with Crippen molar-refractivity contribution in [2.45, 2.75) is 89.8 Å². The van der Waals surface area contributed by atoms with E-state index in [1.54, 1.807) is 0 Å². The van der Waals surface area contributed by atoms with Gasteiger partial charge in [0.2, 0.25) is 0 Å². The van der Waals surface area contributed by atoms with Crippen LogP contribution in [-0.4, -0.2) is 46.9 Å². The molecule has 0 bridgehead atoms. The third kappa shape index (κ3) is 17.9. The Labute approximate surface area is 163 Å². The van der Waals surface area contributed by atoms with Crippen LogP contribution in [0.15, 0.2) is 24.3 Å². The van der Waals surface area contributed by atoms with Gasteiger partial charge in [-0.15, -0.1) is 0 Å². The Morgan fingerprint density at radius 2 is 1.78 bits per heavy atom. The number of carbonyl (C=O) groups excluding carboxylic acids is 1. The number of aliphatic hydroxyl groups is 2. The summed E-state index contributed by atoms with van der Waals surface area (Å²) in [4.78, 5) is 15.9. The van der Waals surface area contributed by atoms with Gasteiger partial charge in [-0.3, -0.25) is 10.1 Å². The summed E-state index contributed by atoms with van der Waals surface area (Å²) < 4.78 is 4.84. The van der Waals surface area contributed by atoms with Crippen LogP contribution in [0.4, 0.5) is 0 Å². The molecule has 6 heteroatoms. The molecule has 0 aliphatic carbocycles. The summed E-state index contributed by atoms with van der Waals surface area (Å²) in [5, 5.41) is 26.7. The zero-order valence-corrected chi connectivity index (χ0v) is 16.7. The highest BCUT2D eigenvalue weighted by Crippen LogP contribution is 2.11. The average Bonchev–Trinajstić information content (AvgIpc) is 2.68. The summed E-state index contributed by atoms with van der Waals surface area (Å²) >= 11 is 0. The summed E-state index contributed by atoms with van der Waals surface area (Å²) in [6, 6.07) is 0. The Bertz CT molecular complexity index is 394. The molecule has 0 aromatic heterocycles. The molecule has 0 rings (SSSR count). The van der Waals surface area contributed by atoms with Crippen molar-refractivity contribution < 1.29 is 29.9 Å². The third-order valence-corrected chi connectivity index (χ3v) is 4.20. The molecule has 0 heterocycles. The van der Waals surface area contributed by atoms with Gasteiger partial charge in [0.25, 0.3) is 0 Å². The maximum absolute atomic E-state index is 11.4. The number of unbranched alkanes of at least 4 members (excludes halogenated alkanes) is 7. The predicted molar refractivity (Wildman–Crippen MR) is 106 cm³/mol. The van der Waals surface area contributed by atoms with Gasteiger partial charge < -0.3 is 14.9 Å². The molecule has 3 N–H and O–H groups in total. The second kappa shape index (κ2) is 19.5. The highest BCUT2D eigenvalue weighted by Gasteiger charge is 2.07. The van der Waals surface area contributed by atoms with Crippen molar-refractivity contribution in [3.05, 3.63) is 24.3 Å². The largest absolute Gasteiger partial charge is 0.463 e. The zero-order valence-electron chi connectivity index (χ0n) is 16.7. The van der Waals surface area contributed by atoms with E-state index in [1.807, 2.05) is 18.2 Å². The molecule has 0 aliphatic rings. The van der Waals surface area contributed by atoms with E-state index in [4.69, 9.17) is 20.2 Å². The summed E-state index contributed by atoms with van der Waals surface area (Å²) in [5.41, 5.74) is 0. The summed E-state index contributed by atoms with van der Waals surface area (Å²) in [6.07, 6.45) is 17.2. The van der Waals surface area contributed by atoms with Gasteiger partial charge in [0, 0.05) is 6.42 Å². The van der Waals surface area contributed by atoms with Crippen LogP contribution < -0.4 is 0 Å². The van der Waals surface area contributed by atoms with Crippen molar-refractivity contribution in [2.75, 3.05) is 13.2 Å². The maximum atomic E-state index is 11.4. The SMILES string of the molecule is CCCCC/C=C/C=C/C(CCCCCCCC(=O)OCC(O)CO)OO. The summed E-state index contributed by atoms with van der Waals surface area (Å²) in [6.45, 7) is 1.63. The number of esters is 1.